The van der Waals surface area contributed by atoms with Crippen LogP contribution in [-0.4, -0.2) is 29.9 Å². The van der Waals surface area contributed by atoms with Crippen LogP contribution in [0.4, 0.5) is 0 Å². The second-order valence-electron chi connectivity index (χ2n) is 2.43. The van der Waals surface area contributed by atoms with Crippen molar-refractivity contribution < 1.29 is 4.74 Å². The predicted octanol–water partition coefficient (Wildman–Crippen LogP) is 0.396. The summed E-state index contributed by atoms with van der Waals surface area (Å²) in [5.74, 6) is 0.784. The van der Waals surface area contributed by atoms with Crippen LogP contribution < -0.4 is 10.1 Å². The van der Waals surface area contributed by atoms with Gasteiger partial charge in [0.25, 0.3) is 0 Å². The van der Waals surface area contributed by atoms with Crippen molar-refractivity contribution in [2.75, 3.05) is 13.7 Å². The first-order valence-electron chi connectivity index (χ1n) is 3.61. The zero-order valence-corrected chi connectivity index (χ0v) is 6.79. The van der Waals surface area contributed by atoms with Crippen LogP contribution in [0.15, 0.2) is 12.4 Å². The average Bonchev–Trinajstić information content (AvgIpc) is 2.52. The van der Waals surface area contributed by atoms with Crippen LogP contribution in [0.2, 0.25) is 0 Å². The van der Waals surface area contributed by atoms with E-state index in [1.165, 1.54) is 0 Å². The summed E-state index contributed by atoms with van der Waals surface area (Å²) in [5, 5.41) is 9.50. The lowest BCUT2D eigenvalue weighted by Gasteiger charge is -2.09. The molecule has 0 saturated carbocycles. The average molecular weight is 155 g/mol. The summed E-state index contributed by atoms with van der Waals surface area (Å²) in [6, 6.07) is 0.366. The Hall–Kier alpha value is -1.03. The molecule has 1 atom stereocenters. The van der Waals surface area contributed by atoms with Gasteiger partial charge in [-0.15, -0.1) is 0 Å². The van der Waals surface area contributed by atoms with Gasteiger partial charge in [-0.2, -0.15) is 5.10 Å². The summed E-state index contributed by atoms with van der Waals surface area (Å²) in [6.07, 6.45) is 3.38. The van der Waals surface area contributed by atoms with E-state index in [0.717, 1.165) is 5.75 Å². The van der Waals surface area contributed by atoms with E-state index >= 15 is 0 Å². The fourth-order valence-corrected chi connectivity index (χ4v) is 0.623. The van der Waals surface area contributed by atoms with Crippen LogP contribution in [0.1, 0.15) is 6.92 Å². The zero-order valence-electron chi connectivity index (χ0n) is 6.79. The summed E-state index contributed by atoms with van der Waals surface area (Å²) in [6.45, 7) is 2.72. The van der Waals surface area contributed by atoms with E-state index in [2.05, 4.69) is 22.4 Å². The number of hydrogen-bond acceptors (Lipinski definition) is 3. The summed E-state index contributed by atoms with van der Waals surface area (Å²) >= 11 is 0. The van der Waals surface area contributed by atoms with Crippen molar-refractivity contribution in [1.29, 1.82) is 0 Å². The lowest BCUT2D eigenvalue weighted by atomic mass is 10.4. The van der Waals surface area contributed by atoms with Gasteiger partial charge in [-0.25, -0.2) is 0 Å². The van der Waals surface area contributed by atoms with Crippen LogP contribution in [0, 0.1) is 0 Å². The van der Waals surface area contributed by atoms with E-state index in [1.54, 1.807) is 12.4 Å². The number of rotatable bonds is 4. The molecule has 11 heavy (non-hydrogen) atoms. The first-order chi connectivity index (χ1) is 5.33. The summed E-state index contributed by atoms with van der Waals surface area (Å²) < 4.78 is 5.34. The molecular formula is C7H13N3O. The van der Waals surface area contributed by atoms with Gasteiger partial charge >= 0.3 is 0 Å². The maximum atomic E-state index is 5.34. The van der Waals surface area contributed by atoms with Gasteiger partial charge in [0.15, 0.2) is 5.75 Å². The molecule has 1 aromatic rings. The monoisotopic (exact) mass is 155 g/mol. The van der Waals surface area contributed by atoms with Crippen LogP contribution >= 0.6 is 0 Å². The van der Waals surface area contributed by atoms with Crippen molar-refractivity contribution in [3.63, 3.8) is 0 Å². The lowest BCUT2D eigenvalue weighted by Crippen LogP contribution is -2.28. The van der Waals surface area contributed by atoms with Gasteiger partial charge in [-0.1, -0.05) is 0 Å². The number of H-pyrrole nitrogens is 1. The highest BCUT2D eigenvalue weighted by Crippen LogP contribution is 2.04. The third-order valence-electron chi connectivity index (χ3n) is 1.47. The van der Waals surface area contributed by atoms with E-state index in [4.69, 9.17) is 4.74 Å². The topological polar surface area (TPSA) is 49.9 Å². The van der Waals surface area contributed by atoms with Crippen molar-refractivity contribution in [3.8, 4) is 5.75 Å². The van der Waals surface area contributed by atoms with Gasteiger partial charge in [0.05, 0.1) is 12.4 Å². The highest BCUT2D eigenvalue weighted by atomic mass is 16.5. The van der Waals surface area contributed by atoms with E-state index in [-0.39, 0.29) is 0 Å². The molecule has 1 aromatic heterocycles. The molecule has 0 bridgehead atoms. The maximum absolute atomic E-state index is 5.34. The van der Waals surface area contributed by atoms with Gasteiger partial charge in [0.1, 0.15) is 6.61 Å². The maximum Gasteiger partial charge on any atom is 0.156 e. The van der Waals surface area contributed by atoms with E-state index in [1.807, 2.05) is 7.05 Å². The minimum Gasteiger partial charge on any atom is -0.489 e. The summed E-state index contributed by atoms with van der Waals surface area (Å²) in [4.78, 5) is 0. The Bertz CT molecular complexity index is 186. The molecule has 0 aliphatic heterocycles. The fraction of sp³-hybridized carbons (Fsp3) is 0.571. The molecule has 0 aliphatic rings. The van der Waals surface area contributed by atoms with Gasteiger partial charge in [0.2, 0.25) is 0 Å². The second kappa shape index (κ2) is 3.98. The molecule has 2 N–H and O–H groups in total. The molecule has 0 saturated heterocycles. The normalized spacial score (nSPS) is 12.9. The quantitative estimate of drug-likeness (QED) is 0.661. The third kappa shape index (κ3) is 2.59. The molecule has 0 aliphatic carbocycles. The molecular weight excluding hydrogens is 142 g/mol. The second-order valence-corrected chi connectivity index (χ2v) is 2.43. The van der Waals surface area contributed by atoms with E-state index in [9.17, 15) is 0 Å². The number of aromatic nitrogens is 2. The van der Waals surface area contributed by atoms with Crippen LogP contribution in [0.3, 0.4) is 0 Å². The van der Waals surface area contributed by atoms with Crippen molar-refractivity contribution in [3.05, 3.63) is 12.4 Å². The number of likely N-dealkylation sites (N-methyl/N-ethyl adjacent to an activating group) is 1. The Morgan fingerprint density at radius 3 is 3.18 bits per heavy atom. The van der Waals surface area contributed by atoms with Crippen molar-refractivity contribution >= 4 is 0 Å². The molecule has 4 nitrogen and oxygen atoms in total. The molecule has 4 heteroatoms. The Morgan fingerprint density at radius 2 is 2.64 bits per heavy atom. The van der Waals surface area contributed by atoms with Gasteiger partial charge in [-0.3, -0.25) is 5.10 Å². The molecule has 0 radical (unpaired) electrons. The Balaban J connectivity index is 2.23. The minimum absolute atomic E-state index is 0.366. The molecule has 0 amide bonds. The van der Waals surface area contributed by atoms with Crippen molar-refractivity contribution in [2.45, 2.75) is 13.0 Å². The smallest absolute Gasteiger partial charge is 0.156 e. The molecule has 62 valence electrons. The molecule has 1 heterocycles. The number of aromatic amines is 1. The van der Waals surface area contributed by atoms with Crippen molar-refractivity contribution in [2.24, 2.45) is 0 Å². The Kier molecular flexibility index (Phi) is 2.92. The molecule has 1 unspecified atom stereocenters. The number of nitrogens with zero attached hydrogens (tertiary/aromatic N) is 1. The highest BCUT2D eigenvalue weighted by molar-refractivity contribution is 5.10. The standard InChI is InChI=1S/C7H13N3O/c1-6(8-2)5-11-7-3-9-10-4-7/h3-4,6,8H,5H2,1-2H3,(H,9,10). The molecule has 0 fully saturated rings. The highest BCUT2D eigenvalue weighted by Gasteiger charge is 1.98. The Morgan fingerprint density at radius 1 is 1.82 bits per heavy atom. The van der Waals surface area contributed by atoms with Crippen LogP contribution in [-0.2, 0) is 0 Å². The molecule has 0 aromatic carbocycles. The fourth-order valence-electron chi connectivity index (χ4n) is 0.623. The van der Waals surface area contributed by atoms with Gasteiger partial charge < -0.3 is 10.1 Å². The van der Waals surface area contributed by atoms with Crippen molar-refractivity contribution in [1.82, 2.24) is 15.5 Å². The lowest BCUT2D eigenvalue weighted by molar-refractivity contribution is 0.280. The zero-order chi connectivity index (χ0) is 8.10. The number of ether oxygens (including phenoxy) is 1. The third-order valence-corrected chi connectivity index (χ3v) is 1.47. The summed E-state index contributed by atoms with van der Waals surface area (Å²) in [5.41, 5.74) is 0. The molecule has 0 spiro atoms. The number of hydrogen-bond donors (Lipinski definition) is 2. The van der Waals surface area contributed by atoms with E-state index in [0.29, 0.717) is 12.6 Å². The summed E-state index contributed by atoms with van der Waals surface area (Å²) in [7, 11) is 1.91. The van der Waals surface area contributed by atoms with E-state index < -0.39 is 0 Å². The van der Waals surface area contributed by atoms with Crippen LogP contribution in [0.5, 0.6) is 5.75 Å². The predicted molar refractivity (Wildman–Crippen MR) is 42.6 cm³/mol. The molecule has 1 rings (SSSR count). The Labute approximate surface area is 66.0 Å². The number of nitrogens with one attached hydrogen (secondary N) is 2. The van der Waals surface area contributed by atoms with Gasteiger partial charge in [0, 0.05) is 6.04 Å². The largest absolute Gasteiger partial charge is 0.489 e. The first-order valence-corrected chi connectivity index (χ1v) is 3.61. The van der Waals surface area contributed by atoms with Gasteiger partial charge in [-0.05, 0) is 14.0 Å². The minimum atomic E-state index is 0.366. The SMILES string of the molecule is CNC(C)COc1cn[nH]c1. The first kappa shape index (κ1) is 8.07. The van der Waals surface area contributed by atoms with Crippen LogP contribution in [0.25, 0.3) is 0 Å².